The third-order valence-electron chi connectivity index (χ3n) is 6.12. The van der Waals surface area contributed by atoms with Crippen LogP contribution < -0.4 is 0 Å². The Labute approximate surface area is 161 Å². The van der Waals surface area contributed by atoms with Crippen molar-refractivity contribution in [2.45, 2.75) is 84.5 Å². The summed E-state index contributed by atoms with van der Waals surface area (Å²) in [6.45, 7) is 4.05. The number of hydrogen-bond acceptors (Lipinski definition) is 6. The first-order chi connectivity index (χ1) is 12.9. The van der Waals surface area contributed by atoms with Crippen LogP contribution in [0.2, 0.25) is 0 Å². The van der Waals surface area contributed by atoms with Gasteiger partial charge in [-0.05, 0) is 52.4 Å². The van der Waals surface area contributed by atoms with Crippen molar-refractivity contribution < 1.29 is 28.7 Å². The minimum Gasteiger partial charge on any atom is -0.465 e. The first kappa shape index (κ1) is 21.6. The number of Topliss-reactive ketones (excluding diaryl/α,β-unsaturated/α-hetero) is 2. The maximum atomic E-state index is 12.4. The van der Waals surface area contributed by atoms with Crippen LogP contribution in [0, 0.1) is 10.8 Å². The smallest absolute Gasteiger partial charge is 0.319 e. The van der Waals surface area contributed by atoms with Gasteiger partial charge in [-0.3, -0.25) is 19.2 Å². The Kier molecular flexibility index (Phi) is 7.57. The highest BCUT2D eigenvalue weighted by Crippen LogP contribution is 2.43. The molecule has 2 fully saturated rings. The number of hydrogen-bond donors (Lipinski definition) is 0. The highest BCUT2D eigenvalue weighted by atomic mass is 16.5. The first-order valence-corrected chi connectivity index (χ1v) is 10.3. The Hall–Kier alpha value is -1.72. The average molecular weight is 380 g/mol. The zero-order valence-corrected chi connectivity index (χ0v) is 16.6. The lowest BCUT2D eigenvalue weighted by Crippen LogP contribution is -2.37. The van der Waals surface area contributed by atoms with Gasteiger partial charge in [-0.15, -0.1) is 0 Å². The van der Waals surface area contributed by atoms with Crippen LogP contribution in [-0.2, 0) is 28.7 Å². The van der Waals surface area contributed by atoms with Crippen LogP contribution in [-0.4, -0.2) is 36.7 Å². The molecule has 2 aliphatic rings. The third kappa shape index (κ3) is 4.41. The fourth-order valence-electron chi connectivity index (χ4n) is 4.59. The maximum Gasteiger partial charge on any atom is 0.319 e. The summed E-state index contributed by atoms with van der Waals surface area (Å²) in [6.07, 6.45) is 6.65. The summed E-state index contributed by atoms with van der Waals surface area (Å²) >= 11 is 0. The normalized spacial score (nSPS) is 27.8. The summed E-state index contributed by atoms with van der Waals surface area (Å²) in [5.74, 6) is -0.784. The van der Waals surface area contributed by atoms with Crippen molar-refractivity contribution in [2.75, 3.05) is 13.2 Å². The fourth-order valence-corrected chi connectivity index (χ4v) is 4.59. The predicted octanol–water partition coefficient (Wildman–Crippen LogP) is 3.54. The molecule has 6 nitrogen and oxygen atoms in total. The number of rotatable bonds is 10. The Morgan fingerprint density at radius 1 is 0.778 bits per heavy atom. The van der Waals surface area contributed by atoms with Gasteiger partial charge in [0.05, 0.1) is 13.2 Å². The molecule has 2 atom stereocenters. The lowest BCUT2D eigenvalue weighted by molar-refractivity contribution is -0.160. The number of carbonyl (C=O) groups is 4. The number of ether oxygens (including phenoxy) is 2. The van der Waals surface area contributed by atoms with Gasteiger partial charge in [0, 0.05) is 12.8 Å². The van der Waals surface area contributed by atoms with Gasteiger partial charge in [-0.1, -0.05) is 19.3 Å². The largest absolute Gasteiger partial charge is 0.465 e. The Bertz CT molecular complexity index is 533. The zero-order chi connectivity index (χ0) is 19.9. The van der Waals surface area contributed by atoms with Gasteiger partial charge in [0.25, 0.3) is 0 Å². The second-order valence-electron chi connectivity index (χ2n) is 7.72. The van der Waals surface area contributed by atoms with Crippen LogP contribution in [0.15, 0.2) is 0 Å². The molecule has 2 saturated carbocycles. The van der Waals surface area contributed by atoms with Gasteiger partial charge in [-0.25, -0.2) is 0 Å². The standard InChI is InChI=1S/C21H32O6/c1-3-26-18(24)20(14-8-10-16(20)22)12-6-5-7-13-21(19(25)27-4-2)15-9-11-17(21)23/h3-15H2,1-2H3. The second kappa shape index (κ2) is 9.47. The molecule has 0 saturated heterocycles. The van der Waals surface area contributed by atoms with E-state index in [0.29, 0.717) is 51.4 Å². The lowest BCUT2D eigenvalue weighted by atomic mass is 9.78. The van der Waals surface area contributed by atoms with E-state index in [4.69, 9.17) is 9.47 Å². The van der Waals surface area contributed by atoms with E-state index in [1.807, 2.05) is 0 Å². The Morgan fingerprint density at radius 2 is 1.19 bits per heavy atom. The van der Waals surface area contributed by atoms with Crippen molar-refractivity contribution in [3.05, 3.63) is 0 Å². The third-order valence-corrected chi connectivity index (χ3v) is 6.12. The summed E-state index contributed by atoms with van der Waals surface area (Å²) in [7, 11) is 0. The van der Waals surface area contributed by atoms with E-state index in [1.54, 1.807) is 13.8 Å². The van der Waals surface area contributed by atoms with Crippen molar-refractivity contribution in [3.8, 4) is 0 Å². The quantitative estimate of drug-likeness (QED) is 0.327. The van der Waals surface area contributed by atoms with Crippen molar-refractivity contribution in [1.82, 2.24) is 0 Å². The molecule has 0 heterocycles. The second-order valence-corrected chi connectivity index (χ2v) is 7.72. The number of ketones is 2. The summed E-state index contributed by atoms with van der Waals surface area (Å²) in [6, 6.07) is 0. The van der Waals surface area contributed by atoms with Gasteiger partial charge in [0.15, 0.2) is 0 Å². The molecule has 2 rings (SSSR count). The molecule has 0 radical (unpaired) electrons. The minimum absolute atomic E-state index is 0.00471. The number of esters is 2. The summed E-state index contributed by atoms with van der Waals surface area (Å²) < 4.78 is 10.3. The van der Waals surface area contributed by atoms with E-state index in [2.05, 4.69) is 0 Å². The van der Waals surface area contributed by atoms with Crippen molar-refractivity contribution in [2.24, 2.45) is 10.8 Å². The molecule has 6 heteroatoms. The average Bonchev–Trinajstić information content (AvgIpc) is 3.19. The van der Waals surface area contributed by atoms with Gasteiger partial charge in [-0.2, -0.15) is 0 Å². The molecule has 2 unspecified atom stereocenters. The van der Waals surface area contributed by atoms with Crippen LogP contribution in [0.3, 0.4) is 0 Å². The van der Waals surface area contributed by atoms with Crippen LogP contribution in [0.4, 0.5) is 0 Å². The summed E-state index contributed by atoms with van der Waals surface area (Å²) in [5.41, 5.74) is -1.95. The Balaban J connectivity index is 1.89. The van der Waals surface area contributed by atoms with E-state index >= 15 is 0 Å². The molecular formula is C21H32O6. The molecule has 27 heavy (non-hydrogen) atoms. The molecule has 0 amide bonds. The van der Waals surface area contributed by atoms with Crippen LogP contribution >= 0.6 is 0 Å². The van der Waals surface area contributed by atoms with Crippen LogP contribution in [0.5, 0.6) is 0 Å². The Morgan fingerprint density at radius 3 is 1.48 bits per heavy atom. The fraction of sp³-hybridized carbons (Fsp3) is 0.810. The lowest BCUT2D eigenvalue weighted by Gasteiger charge is -2.26. The molecule has 0 aliphatic heterocycles. The zero-order valence-electron chi connectivity index (χ0n) is 16.6. The van der Waals surface area contributed by atoms with Crippen molar-refractivity contribution in [1.29, 1.82) is 0 Å². The maximum absolute atomic E-state index is 12.4. The molecule has 0 aromatic carbocycles. The molecular weight excluding hydrogens is 348 g/mol. The number of unbranched alkanes of at least 4 members (excludes halogenated alkanes) is 2. The van der Waals surface area contributed by atoms with Gasteiger partial charge in [0.2, 0.25) is 0 Å². The monoisotopic (exact) mass is 380 g/mol. The van der Waals surface area contributed by atoms with E-state index < -0.39 is 10.8 Å². The summed E-state index contributed by atoms with van der Waals surface area (Å²) in [4.78, 5) is 49.4. The highest BCUT2D eigenvalue weighted by molar-refractivity contribution is 6.05. The molecule has 0 bridgehead atoms. The molecule has 0 aromatic heterocycles. The van der Waals surface area contributed by atoms with Gasteiger partial charge in [0.1, 0.15) is 22.4 Å². The minimum atomic E-state index is -0.974. The first-order valence-electron chi connectivity index (χ1n) is 10.3. The van der Waals surface area contributed by atoms with Crippen LogP contribution in [0.25, 0.3) is 0 Å². The molecule has 0 aromatic rings. The van der Waals surface area contributed by atoms with Crippen molar-refractivity contribution in [3.63, 3.8) is 0 Å². The topological polar surface area (TPSA) is 86.7 Å². The van der Waals surface area contributed by atoms with Crippen molar-refractivity contribution >= 4 is 23.5 Å². The SMILES string of the molecule is CCOC(=O)C1(CCCCCC2(C(=O)OCC)CCCC2=O)CCCC1=O. The highest BCUT2D eigenvalue weighted by Gasteiger charge is 2.50. The van der Waals surface area contributed by atoms with E-state index in [-0.39, 0.29) is 36.7 Å². The number of carbonyl (C=O) groups excluding carboxylic acids is 4. The molecule has 0 N–H and O–H groups in total. The van der Waals surface area contributed by atoms with Crippen LogP contribution in [0.1, 0.15) is 84.5 Å². The van der Waals surface area contributed by atoms with E-state index in [0.717, 1.165) is 19.3 Å². The molecule has 0 spiro atoms. The summed E-state index contributed by atoms with van der Waals surface area (Å²) in [5, 5.41) is 0. The van der Waals surface area contributed by atoms with E-state index in [9.17, 15) is 19.2 Å². The van der Waals surface area contributed by atoms with Gasteiger partial charge >= 0.3 is 11.9 Å². The van der Waals surface area contributed by atoms with Gasteiger partial charge < -0.3 is 9.47 Å². The molecule has 152 valence electrons. The predicted molar refractivity (Wildman–Crippen MR) is 98.9 cm³/mol. The molecule has 2 aliphatic carbocycles. The van der Waals surface area contributed by atoms with E-state index in [1.165, 1.54) is 0 Å².